The predicted molar refractivity (Wildman–Crippen MR) is 243 cm³/mol. The Kier molecular flexibility index (Phi) is 5.99. The molecule has 12 aromatic rings. The van der Waals surface area contributed by atoms with Crippen LogP contribution in [-0.2, 0) is 5.41 Å². The highest BCUT2D eigenvalue weighted by Gasteiger charge is 2.52. The highest BCUT2D eigenvalue weighted by atomic mass is 16.3. The van der Waals surface area contributed by atoms with Crippen LogP contribution in [0.25, 0.3) is 110 Å². The van der Waals surface area contributed by atoms with Crippen LogP contribution >= 0.6 is 0 Å². The zero-order valence-electron chi connectivity index (χ0n) is 31.8. The molecule has 2 nitrogen and oxygen atoms in total. The first-order valence-corrected chi connectivity index (χ1v) is 20.4. The van der Waals surface area contributed by atoms with Gasteiger partial charge in [-0.1, -0.05) is 152 Å². The summed E-state index contributed by atoms with van der Waals surface area (Å²) in [7, 11) is 0. The maximum Gasteiger partial charge on any atom is 0.143 e. The molecule has 0 atom stereocenters. The molecule has 10 aromatic carbocycles. The van der Waals surface area contributed by atoms with E-state index in [1.54, 1.807) is 0 Å². The molecule has 0 amide bonds. The van der Waals surface area contributed by atoms with Gasteiger partial charge in [-0.25, -0.2) is 0 Å². The SMILES string of the molecule is c1ccc2c(c1)-c1ccccc1C21c2cc(-c3cccc4oc5c6ccccc6ccc5c34)ccc2-c2c1cc1ccccc1c2-c1ccc2oc3ccccc3c2c1. The summed E-state index contributed by atoms with van der Waals surface area (Å²) in [6, 6.07) is 71.5. The zero-order valence-corrected chi connectivity index (χ0v) is 31.8. The Hall–Kier alpha value is -7.68. The van der Waals surface area contributed by atoms with Crippen LogP contribution in [0.3, 0.4) is 0 Å². The smallest absolute Gasteiger partial charge is 0.143 e. The van der Waals surface area contributed by atoms with Crippen molar-refractivity contribution in [2.24, 2.45) is 0 Å². The first kappa shape index (κ1) is 31.4. The van der Waals surface area contributed by atoms with Gasteiger partial charge in [0, 0.05) is 26.9 Å². The third-order valence-electron chi connectivity index (χ3n) is 13.5. The molecule has 0 radical (unpaired) electrons. The third-order valence-corrected chi connectivity index (χ3v) is 13.5. The lowest BCUT2D eigenvalue weighted by molar-refractivity contribution is 0.669. The molecule has 0 N–H and O–H groups in total. The Morgan fingerprint density at radius 2 is 0.966 bits per heavy atom. The molecule has 0 saturated carbocycles. The molecule has 2 heteroatoms. The molecule has 0 fully saturated rings. The van der Waals surface area contributed by atoms with Gasteiger partial charge in [0.1, 0.15) is 22.3 Å². The summed E-state index contributed by atoms with van der Waals surface area (Å²) in [5, 5.41) is 9.34. The first-order valence-electron chi connectivity index (χ1n) is 20.4. The van der Waals surface area contributed by atoms with E-state index in [9.17, 15) is 0 Å². The van der Waals surface area contributed by atoms with Crippen molar-refractivity contribution in [3.63, 3.8) is 0 Å². The lowest BCUT2D eigenvalue weighted by atomic mass is 9.69. The average Bonchev–Trinajstić information content (AvgIpc) is 4.03. The van der Waals surface area contributed by atoms with E-state index in [4.69, 9.17) is 8.83 Å². The molecule has 0 aliphatic heterocycles. The van der Waals surface area contributed by atoms with Crippen molar-refractivity contribution >= 4 is 65.4 Å². The Morgan fingerprint density at radius 1 is 0.305 bits per heavy atom. The van der Waals surface area contributed by atoms with Gasteiger partial charge < -0.3 is 8.83 Å². The van der Waals surface area contributed by atoms with Crippen LogP contribution in [-0.4, -0.2) is 0 Å². The number of hydrogen-bond donors (Lipinski definition) is 0. The summed E-state index contributed by atoms with van der Waals surface area (Å²) >= 11 is 0. The standard InChI is InChI=1S/C57H32O2/c1-4-15-39-33(12-1)24-28-44-54-38(19-11-23-52(54)59-56(39)44)35-25-27-43-48(31-35)57(46-20-8-5-16-40(46)41-17-6-9-21-47(41)57)49-32-34-13-2-3-14-37(34)53(55(43)49)36-26-29-51-45(30-36)42-18-7-10-22-50(42)58-51/h1-32H. The molecule has 0 unspecified atom stereocenters. The molecule has 1 spiro atoms. The summed E-state index contributed by atoms with van der Waals surface area (Å²) in [4.78, 5) is 0. The lowest BCUT2D eigenvalue weighted by Crippen LogP contribution is -2.26. The second-order valence-electron chi connectivity index (χ2n) is 16.3. The van der Waals surface area contributed by atoms with Crippen molar-refractivity contribution in [1.29, 1.82) is 0 Å². The van der Waals surface area contributed by atoms with Crippen LogP contribution in [0.2, 0.25) is 0 Å². The molecule has 59 heavy (non-hydrogen) atoms. The second kappa shape index (κ2) is 11.2. The van der Waals surface area contributed by atoms with E-state index >= 15 is 0 Å². The number of rotatable bonds is 2. The fourth-order valence-electron chi connectivity index (χ4n) is 11.1. The van der Waals surface area contributed by atoms with Gasteiger partial charge in [0.15, 0.2) is 0 Å². The van der Waals surface area contributed by atoms with Crippen molar-refractivity contribution in [3.8, 4) is 44.5 Å². The van der Waals surface area contributed by atoms with Crippen molar-refractivity contribution < 1.29 is 8.83 Å². The molecule has 0 bridgehead atoms. The third kappa shape index (κ3) is 3.96. The van der Waals surface area contributed by atoms with Gasteiger partial charge in [-0.15, -0.1) is 0 Å². The van der Waals surface area contributed by atoms with E-state index in [1.165, 1.54) is 82.9 Å². The Balaban J connectivity index is 1.12. The normalized spacial score (nSPS) is 13.6. The molecular weight excluding hydrogens is 717 g/mol. The molecule has 0 saturated heterocycles. The number of hydrogen-bond acceptors (Lipinski definition) is 2. The maximum absolute atomic E-state index is 6.71. The number of fused-ring (bicyclic) bond motifs is 19. The molecule has 2 aliphatic rings. The van der Waals surface area contributed by atoms with Crippen LogP contribution < -0.4 is 0 Å². The summed E-state index contributed by atoms with van der Waals surface area (Å²) in [6.45, 7) is 0. The summed E-state index contributed by atoms with van der Waals surface area (Å²) in [5.41, 5.74) is 18.3. The van der Waals surface area contributed by atoms with Crippen molar-refractivity contribution in [2.45, 2.75) is 5.41 Å². The fraction of sp³-hybridized carbons (Fsp3) is 0.0175. The molecule has 272 valence electrons. The van der Waals surface area contributed by atoms with Crippen molar-refractivity contribution in [3.05, 3.63) is 216 Å². The molecule has 2 heterocycles. The topological polar surface area (TPSA) is 26.3 Å². The van der Waals surface area contributed by atoms with Crippen molar-refractivity contribution in [1.82, 2.24) is 0 Å². The molecule has 14 rings (SSSR count). The highest BCUT2D eigenvalue weighted by Crippen LogP contribution is 2.65. The zero-order chi connectivity index (χ0) is 38.4. The van der Waals surface area contributed by atoms with Gasteiger partial charge >= 0.3 is 0 Å². The predicted octanol–water partition coefficient (Wildman–Crippen LogP) is 15.5. The number of benzene rings is 10. The molecule has 2 aromatic heterocycles. The van der Waals surface area contributed by atoms with E-state index in [2.05, 4.69) is 188 Å². The number of furan rings is 2. The van der Waals surface area contributed by atoms with Crippen LogP contribution in [0.15, 0.2) is 203 Å². The van der Waals surface area contributed by atoms with Gasteiger partial charge in [-0.3, -0.25) is 0 Å². The van der Waals surface area contributed by atoms with Crippen LogP contribution in [0.4, 0.5) is 0 Å². The van der Waals surface area contributed by atoms with E-state index in [-0.39, 0.29) is 0 Å². The monoisotopic (exact) mass is 748 g/mol. The molecule has 2 aliphatic carbocycles. The number of para-hydroxylation sites is 1. The summed E-state index contributed by atoms with van der Waals surface area (Å²) in [6.07, 6.45) is 0. The summed E-state index contributed by atoms with van der Waals surface area (Å²) < 4.78 is 13.1. The first-order chi connectivity index (χ1) is 29.3. The van der Waals surface area contributed by atoms with E-state index in [0.29, 0.717) is 0 Å². The minimum Gasteiger partial charge on any atom is -0.456 e. The fourth-order valence-corrected chi connectivity index (χ4v) is 11.1. The Labute approximate surface area is 339 Å². The second-order valence-corrected chi connectivity index (χ2v) is 16.3. The summed E-state index contributed by atoms with van der Waals surface area (Å²) in [5.74, 6) is 0. The van der Waals surface area contributed by atoms with Gasteiger partial charge in [-0.2, -0.15) is 0 Å². The minimum absolute atomic E-state index is 0.540. The van der Waals surface area contributed by atoms with Gasteiger partial charge in [0.05, 0.1) is 5.41 Å². The van der Waals surface area contributed by atoms with Crippen molar-refractivity contribution in [2.75, 3.05) is 0 Å². The van der Waals surface area contributed by atoms with Crippen LogP contribution in [0.1, 0.15) is 22.3 Å². The van der Waals surface area contributed by atoms with Gasteiger partial charge in [0.2, 0.25) is 0 Å². The Bertz CT molecular complexity index is 3750. The van der Waals surface area contributed by atoms with E-state index in [0.717, 1.165) is 49.3 Å². The van der Waals surface area contributed by atoms with E-state index in [1.807, 2.05) is 6.07 Å². The Morgan fingerprint density at radius 3 is 1.81 bits per heavy atom. The average molecular weight is 749 g/mol. The lowest BCUT2D eigenvalue weighted by Gasteiger charge is -2.31. The van der Waals surface area contributed by atoms with Gasteiger partial charge in [-0.05, 0) is 125 Å². The maximum atomic E-state index is 6.71. The quantitative estimate of drug-likeness (QED) is 0.176. The highest BCUT2D eigenvalue weighted by molar-refractivity contribution is 6.19. The van der Waals surface area contributed by atoms with Crippen LogP contribution in [0.5, 0.6) is 0 Å². The largest absolute Gasteiger partial charge is 0.456 e. The van der Waals surface area contributed by atoms with Gasteiger partial charge in [0.25, 0.3) is 0 Å². The van der Waals surface area contributed by atoms with Crippen LogP contribution in [0, 0.1) is 0 Å². The minimum atomic E-state index is -0.540. The van der Waals surface area contributed by atoms with E-state index < -0.39 is 5.41 Å². The molecular formula is C57H32O2.